The molecule has 0 saturated carbocycles. The van der Waals surface area contributed by atoms with Crippen molar-refractivity contribution in [3.8, 4) is 0 Å². The maximum atomic E-state index is 11.1. The quantitative estimate of drug-likeness (QED) is 0.798. The molecule has 3 nitrogen and oxygen atoms in total. The summed E-state index contributed by atoms with van der Waals surface area (Å²) in [6.07, 6.45) is 2.02. The Morgan fingerprint density at radius 3 is 2.56 bits per heavy atom. The molecule has 1 rings (SSSR count). The number of rotatable bonds is 6. The van der Waals surface area contributed by atoms with Gasteiger partial charge in [-0.1, -0.05) is 37.3 Å². The molecular formula is C12H17NO2S. The van der Waals surface area contributed by atoms with E-state index in [1.165, 1.54) is 0 Å². The van der Waals surface area contributed by atoms with E-state index < -0.39 is 12.0 Å². The van der Waals surface area contributed by atoms with Crippen LogP contribution in [0.5, 0.6) is 0 Å². The van der Waals surface area contributed by atoms with Crippen LogP contribution < -0.4 is 5.32 Å². The van der Waals surface area contributed by atoms with Crippen LogP contribution in [0.1, 0.15) is 18.5 Å². The Balaban J connectivity index is 2.66. The lowest BCUT2D eigenvalue weighted by molar-refractivity contribution is -0.139. The number of benzene rings is 1. The summed E-state index contributed by atoms with van der Waals surface area (Å²) in [5.74, 6) is -0.834. The number of aliphatic carboxylic acids is 1. The first-order chi connectivity index (χ1) is 7.65. The molecule has 0 aromatic heterocycles. The molecule has 4 heteroatoms. The lowest BCUT2D eigenvalue weighted by Crippen LogP contribution is -2.32. The van der Waals surface area contributed by atoms with E-state index in [2.05, 4.69) is 12.2 Å². The van der Waals surface area contributed by atoms with Gasteiger partial charge in [-0.15, -0.1) is 0 Å². The summed E-state index contributed by atoms with van der Waals surface area (Å²) in [5.41, 5.74) is 0.795. The standard InChI is InChI=1S/C12H17NO2S/c1-9(16-2)8-13-11(12(14)15)10-6-4-3-5-7-10/h3-7,9,11,13H,8H2,1-2H3,(H,14,15). The van der Waals surface area contributed by atoms with Gasteiger partial charge in [-0.05, 0) is 11.8 Å². The summed E-state index contributed by atoms with van der Waals surface area (Å²) in [6, 6.07) is 8.63. The average molecular weight is 239 g/mol. The van der Waals surface area contributed by atoms with Crippen LogP contribution in [0.4, 0.5) is 0 Å². The van der Waals surface area contributed by atoms with Gasteiger partial charge in [-0.3, -0.25) is 10.1 Å². The Morgan fingerprint density at radius 2 is 2.06 bits per heavy atom. The van der Waals surface area contributed by atoms with Gasteiger partial charge >= 0.3 is 5.97 Å². The Bertz CT molecular complexity index is 329. The van der Waals surface area contributed by atoms with Gasteiger partial charge in [0.15, 0.2) is 0 Å². The summed E-state index contributed by atoms with van der Waals surface area (Å²) in [5, 5.41) is 12.6. The van der Waals surface area contributed by atoms with E-state index in [9.17, 15) is 4.79 Å². The number of carboxylic acid groups (broad SMARTS) is 1. The second-order valence-corrected chi connectivity index (χ2v) is 4.91. The third-order valence-corrected chi connectivity index (χ3v) is 3.36. The van der Waals surface area contributed by atoms with Crippen molar-refractivity contribution >= 4 is 17.7 Å². The maximum Gasteiger partial charge on any atom is 0.325 e. The van der Waals surface area contributed by atoms with E-state index in [0.717, 1.165) is 5.56 Å². The fourth-order valence-corrected chi connectivity index (χ4v) is 1.62. The molecule has 0 bridgehead atoms. The van der Waals surface area contributed by atoms with Crippen molar-refractivity contribution in [2.45, 2.75) is 18.2 Å². The minimum absolute atomic E-state index is 0.408. The Kier molecular flexibility index (Phi) is 5.35. The van der Waals surface area contributed by atoms with Gasteiger partial charge in [0.1, 0.15) is 6.04 Å². The van der Waals surface area contributed by atoms with E-state index in [1.54, 1.807) is 11.8 Å². The monoisotopic (exact) mass is 239 g/mol. The largest absolute Gasteiger partial charge is 0.480 e. The van der Waals surface area contributed by atoms with Crippen LogP contribution >= 0.6 is 11.8 Å². The fraction of sp³-hybridized carbons (Fsp3) is 0.417. The molecule has 2 N–H and O–H groups in total. The molecule has 0 aliphatic rings. The summed E-state index contributed by atoms with van der Waals surface area (Å²) >= 11 is 1.72. The molecule has 1 aromatic rings. The summed E-state index contributed by atoms with van der Waals surface area (Å²) < 4.78 is 0. The maximum absolute atomic E-state index is 11.1. The molecule has 88 valence electrons. The van der Waals surface area contributed by atoms with Crippen LogP contribution in [0.2, 0.25) is 0 Å². The minimum Gasteiger partial charge on any atom is -0.480 e. The molecule has 16 heavy (non-hydrogen) atoms. The molecule has 0 fully saturated rings. The molecule has 0 aliphatic heterocycles. The van der Waals surface area contributed by atoms with E-state index in [1.807, 2.05) is 36.6 Å². The number of carbonyl (C=O) groups is 1. The first kappa shape index (κ1) is 13.1. The van der Waals surface area contributed by atoms with Crippen molar-refractivity contribution in [3.05, 3.63) is 35.9 Å². The smallest absolute Gasteiger partial charge is 0.325 e. The third kappa shape index (κ3) is 3.87. The van der Waals surface area contributed by atoms with Crippen LogP contribution in [0.3, 0.4) is 0 Å². The van der Waals surface area contributed by atoms with Gasteiger partial charge in [-0.25, -0.2) is 0 Å². The van der Waals surface area contributed by atoms with Crippen LogP contribution in [0, 0.1) is 0 Å². The highest BCUT2D eigenvalue weighted by Crippen LogP contribution is 2.13. The molecule has 2 atom stereocenters. The zero-order valence-corrected chi connectivity index (χ0v) is 10.3. The predicted octanol–water partition coefficient (Wildman–Crippen LogP) is 2.15. The molecule has 0 heterocycles. The molecule has 0 spiro atoms. The third-order valence-electron chi connectivity index (χ3n) is 2.39. The van der Waals surface area contributed by atoms with E-state index in [0.29, 0.717) is 11.8 Å². The van der Waals surface area contributed by atoms with Crippen LogP contribution in [0.15, 0.2) is 30.3 Å². The van der Waals surface area contributed by atoms with E-state index in [-0.39, 0.29) is 0 Å². The zero-order chi connectivity index (χ0) is 12.0. The van der Waals surface area contributed by atoms with Gasteiger partial charge < -0.3 is 5.11 Å². The molecule has 0 amide bonds. The van der Waals surface area contributed by atoms with Crippen molar-refractivity contribution < 1.29 is 9.90 Å². The average Bonchev–Trinajstić information content (AvgIpc) is 2.30. The highest BCUT2D eigenvalue weighted by Gasteiger charge is 2.19. The Labute approximate surface area is 100 Å². The van der Waals surface area contributed by atoms with Crippen LogP contribution in [-0.4, -0.2) is 29.1 Å². The summed E-state index contributed by atoms with van der Waals surface area (Å²) in [7, 11) is 0. The Hall–Kier alpha value is -1.00. The molecular weight excluding hydrogens is 222 g/mol. The molecule has 0 aliphatic carbocycles. The van der Waals surface area contributed by atoms with E-state index >= 15 is 0 Å². The topological polar surface area (TPSA) is 49.3 Å². The minimum atomic E-state index is -0.834. The fourth-order valence-electron chi connectivity index (χ4n) is 1.36. The lowest BCUT2D eigenvalue weighted by Gasteiger charge is -2.17. The van der Waals surface area contributed by atoms with Gasteiger partial charge in [0.2, 0.25) is 0 Å². The van der Waals surface area contributed by atoms with Crippen molar-refractivity contribution in [2.24, 2.45) is 0 Å². The van der Waals surface area contributed by atoms with Crippen molar-refractivity contribution in [2.75, 3.05) is 12.8 Å². The molecule has 2 unspecified atom stereocenters. The molecule has 0 radical (unpaired) electrons. The van der Waals surface area contributed by atoms with Gasteiger partial charge in [0.05, 0.1) is 0 Å². The van der Waals surface area contributed by atoms with Gasteiger partial charge in [0.25, 0.3) is 0 Å². The first-order valence-electron chi connectivity index (χ1n) is 5.19. The summed E-state index contributed by atoms with van der Waals surface area (Å²) in [4.78, 5) is 11.1. The summed E-state index contributed by atoms with van der Waals surface area (Å²) in [6.45, 7) is 2.76. The number of hydrogen-bond acceptors (Lipinski definition) is 3. The SMILES string of the molecule is CSC(C)CNC(C(=O)O)c1ccccc1. The number of thioether (sulfide) groups is 1. The van der Waals surface area contributed by atoms with Crippen molar-refractivity contribution in [3.63, 3.8) is 0 Å². The normalized spacial score (nSPS) is 14.4. The lowest BCUT2D eigenvalue weighted by atomic mass is 10.1. The highest BCUT2D eigenvalue weighted by molar-refractivity contribution is 7.99. The van der Waals surface area contributed by atoms with Gasteiger partial charge in [0, 0.05) is 11.8 Å². The second kappa shape index (κ2) is 6.55. The Morgan fingerprint density at radius 1 is 1.44 bits per heavy atom. The molecule has 0 saturated heterocycles. The number of nitrogens with one attached hydrogen (secondary N) is 1. The van der Waals surface area contributed by atoms with Crippen LogP contribution in [-0.2, 0) is 4.79 Å². The molecule has 1 aromatic carbocycles. The number of carboxylic acids is 1. The predicted molar refractivity (Wildman–Crippen MR) is 67.8 cm³/mol. The van der Waals surface area contributed by atoms with Crippen molar-refractivity contribution in [1.82, 2.24) is 5.32 Å². The first-order valence-corrected chi connectivity index (χ1v) is 6.48. The zero-order valence-electron chi connectivity index (χ0n) is 9.51. The van der Waals surface area contributed by atoms with E-state index in [4.69, 9.17) is 5.11 Å². The van der Waals surface area contributed by atoms with Crippen LogP contribution in [0.25, 0.3) is 0 Å². The van der Waals surface area contributed by atoms with Crippen molar-refractivity contribution in [1.29, 1.82) is 0 Å². The second-order valence-electron chi connectivity index (χ2n) is 3.64. The number of hydrogen-bond donors (Lipinski definition) is 2. The van der Waals surface area contributed by atoms with Gasteiger partial charge in [-0.2, -0.15) is 11.8 Å². The highest BCUT2D eigenvalue weighted by atomic mass is 32.2.